The summed E-state index contributed by atoms with van der Waals surface area (Å²) in [5.41, 5.74) is 9.78. The first-order valence-electron chi connectivity index (χ1n) is 7.21. The van der Waals surface area contributed by atoms with Gasteiger partial charge in [-0.25, -0.2) is 0 Å². The van der Waals surface area contributed by atoms with Crippen LogP contribution in [-0.2, 0) is 6.54 Å². The maximum Gasteiger partial charge on any atom is 0.0360 e. The lowest BCUT2D eigenvalue weighted by molar-refractivity contribution is 0.227. The largest absolute Gasteiger partial charge is 0.330 e. The number of benzene rings is 2. The van der Waals surface area contributed by atoms with Crippen LogP contribution in [0, 0.1) is 6.92 Å². The third-order valence-corrected chi connectivity index (χ3v) is 3.71. The molecule has 1 unspecified atom stereocenters. The van der Waals surface area contributed by atoms with E-state index in [9.17, 15) is 0 Å². The first kappa shape index (κ1) is 14.8. The lowest BCUT2D eigenvalue weighted by Gasteiger charge is -2.28. The summed E-state index contributed by atoms with van der Waals surface area (Å²) < 4.78 is 0. The first-order valence-corrected chi connectivity index (χ1v) is 7.21. The van der Waals surface area contributed by atoms with Crippen molar-refractivity contribution in [3.8, 4) is 0 Å². The van der Waals surface area contributed by atoms with Crippen LogP contribution in [0.4, 0.5) is 0 Å². The van der Waals surface area contributed by atoms with Crippen molar-refractivity contribution in [2.75, 3.05) is 13.6 Å². The molecule has 0 heterocycles. The molecule has 20 heavy (non-hydrogen) atoms. The van der Waals surface area contributed by atoms with E-state index in [1.165, 1.54) is 16.7 Å². The van der Waals surface area contributed by atoms with Gasteiger partial charge in [0.2, 0.25) is 0 Å². The van der Waals surface area contributed by atoms with Gasteiger partial charge in [-0.3, -0.25) is 4.90 Å². The van der Waals surface area contributed by atoms with Crippen molar-refractivity contribution in [1.29, 1.82) is 0 Å². The predicted molar refractivity (Wildman–Crippen MR) is 85.5 cm³/mol. The van der Waals surface area contributed by atoms with E-state index in [0.717, 1.165) is 13.0 Å². The van der Waals surface area contributed by atoms with Crippen LogP contribution in [0.3, 0.4) is 0 Å². The molecule has 2 aromatic carbocycles. The van der Waals surface area contributed by atoms with Crippen molar-refractivity contribution in [2.45, 2.75) is 25.9 Å². The quantitative estimate of drug-likeness (QED) is 0.868. The fourth-order valence-electron chi connectivity index (χ4n) is 2.57. The predicted octanol–water partition coefficient (Wildman–Crippen LogP) is 3.52. The van der Waals surface area contributed by atoms with Crippen LogP contribution >= 0.6 is 0 Å². The van der Waals surface area contributed by atoms with Gasteiger partial charge in [0, 0.05) is 12.6 Å². The Morgan fingerprint density at radius 2 is 1.65 bits per heavy atom. The zero-order valence-corrected chi connectivity index (χ0v) is 12.4. The monoisotopic (exact) mass is 268 g/mol. The molecule has 0 bridgehead atoms. The second kappa shape index (κ2) is 7.22. The summed E-state index contributed by atoms with van der Waals surface area (Å²) in [7, 11) is 2.17. The van der Waals surface area contributed by atoms with E-state index in [1.807, 2.05) is 0 Å². The van der Waals surface area contributed by atoms with Crippen LogP contribution in [0.25, 0.3) is 0 Å². The second-order valence-corrected chi connectivity index (χ2v) is 5.40. The molecule has 0 spiro atoms. The minimum atomic E-state index is 0.377. The molecule has 0 aromatic heterocycles. The Morgan fingerprint density at radius 1 is 1.00 bits per heavy atom. The van der Waals surface area contributed by atoms with Gasteiger partial charge < -0.3 is 5.73 Å². The highest BCUT2D eigenvalue weighted by molar-refractivity contribution is 5.23. The Morgan fingerprint density at radius 3 is 2.25 bits per heavy atom. The van der Waals surface area contributed by atoms with Crippen LogP contribution < -0.4 is 5.73 Å². The van der Waals surface area contributed by atoms with Crippen LogP contribution in [0.1, 0.15) is 29.2 Å². The molecule has 0 saturated carbocycles. The standard InChI is InChI=1S/C18H24N2/c1-15-8-10-16(11-9-15)14-20(2)18(12-13-19)17-6-4-3-5-7-17/h3-11,18H,12-14,19H2,1-2H3. The van der Waals surface area contributed by atoms with Gasteiger partial charge in [0.15, 0.2) is 0 Å². The molecule has 2 heteroatoms. The number of hydrogen-bond acceptors (Lipinski definition) is 2. The maximum absolute atomic E-state index is 5.79. The Balaban J connectivity index is 2.11. The first-order chi connectivity index (χ1) is 9.70. The van der Waals surface area contributed by atoms with Crippen LogP contribution in [-0.4, -0.2) is 18.5 Å². The van der Waals surface area contributed by atoms with Crippen molar-refractivity contribution in [2.24, 2.45) is 5.73 Å². The minimum Gasteiger partial charge on any atom is -0.330 e. The van der Waals surface area contributed by atoms with Crippen molar-refractivity contribution >= 4 is 0 Å². The molecule has 0 aliphatic heterocycles. The van der Waals surface area contributed by atoms with E-state index in [2.05, 4.69) is 73.5 Å². The minimum absolute atomic E-state index is 0.377. The number of nitrogens with two attached hydrogens (primary N) is 1. The van der Waals surface area contributed by atoms with Crippen molar-refractivity contribution in [3.05, 3.63) is 71.3 Å². The SMILES string of the molecule is Cc1ccc(CN(C)C(CCN)c2ccccc2)cc1. The summed E-state index contributed by atoms with van der Waals surface area (Å²) in [5, 5.41) is 0. The van der Waals surface area contributed by atoms with E-state index >= 15 is 0 Å². The van der Waals surface area contributed by atoms with Gasteiger partial charge in [-0.2, -0.15) is 0 Å². The summed E-state index contributed by atoms with van der Waals surface area (Å²) in [4.78, 5) is 2.38. The van der Waals surface area contributed by atoms with E-state index < -0.39 is 0 Å². The fourth-order valence-corrected chi connectivity index (χ4v) is 2.57. The highest BCUT2D eigenvalue weighted by Crippen LogP contribution is 2.24. The summed E-state index contributed by atoms with van der Waals surface area (Å²) in [5.74, 6) is 0. The highest BCUT2D eigenvalue weighted by atomic mass is 15.1. The van der Waals surface area contributed by atoms with E-state index in [1.54, 1.807) is 0 Å². The molecule has 2 nitrogen and oxygen atoms in total. The lowest BCUT2D eigenvalue weighted by Crippen LogP contribution is -2.26. The van der Waals surface area contributed by atoms with Crippen molar-refractivity contribution < 1.29 is 0 Å². The van der Waals surface area contributed by atoms with Gasteiger partial charge in [0.05, 0.1) is 0 Å². The van der Waals surface area contributed by atoms with Crippen LogP contribution in [0.5, 0.6) is 0 Å². The molecule has 0 radical (unpaired) electrons. The van der Waals surface area contributed by atoms with Crippen molar-refractivity contribution in [3.63, 3.8) is 0 Å². The average Bonchev–Trinajstić information content (AvgIpc) is 2.48. The fraction of sp³-hybridized carbons (Fsp3) is 0.333. The zero-order valence-electron chi connectivity index (χ0n) is 12.4. The van der Waals surface area contributed by atoms with Gasteiger partial charge in [-0.1, -0.05) is 60.2 Å². The maximum atomic E-state index is 5.79. The van der Waals surface area contributed by atoms with E-state index in [0.29, 0.717) is 12.6 Å². The Bertz CT molecular complexity index is 505. The van der Waals surface area contributed by atoms with Gasteiger partial charge in [0.1, 0.15) is 0 Å². The molecule has 0 aliphatic carbocycles. The summed E-state index contributed by atoms with van der Waals surface area (Å²) in [6, 6.07) is 19.8. The Kier molecular flexibility index (Phi) is 5.33. The summed E-state index contributed by atoms with van der Waals surface area (Å²) >= 11 is 0. The normalized spacial score (nSPS) is 12.6. The van der Waals surface area contributed by atoms with Gasteiger partial charge in [0.25, 0.3) is 0 Å². The van der Waals surface area contributed by atoms with Crippen LogP contribution in [0.15, 0.2) is 54.6 Å². The number of rotatable bonds is 6. The molecular weight excluding hydrogens is 244 g/mol. The van der Waals surface area contributed by atoms with Gasteiger partial charge >= 0.3 is 0 Å². The summed E-state index contributed by atoms with van der Waals surface area (Å²) in [6.45, 7) is 3.77. The highest BCUT2D eigenvalue weighted by Gasteiger charge is 2.16. The Labute approximate surface area is 122 Å². The molecule has 0 fully saturated rings. The third-order valence-electron chi connectivity index (χ3n) is 3.71. The number of hydrogen-bond donors (Lipinski definition) is 1. The Hall–Kier alpha value is -1.64. The van der Waals surface area contributed by atoms with Gasteiger partial charge in [-0.05, 0) is 38.1 Å². The summed E-state index contributed by atoms with van der Waals surface area (Å²) in [6.07, 6.45) is 0.979. The number of nitrogens with zero attached hydrogens (tertiary/aromatic N) is 1. The lowest BCUT2D eigenvalue weighted by atomic mass is 10.0. The second-order valence-electron chi connectivity index (χ2n) is 5.40. The molecule has 0 saturated heterocycles. The van der Waals surface area contributed by atoms with E-state index in [4.69, 9.17) is 5.73 Å². The molecule has 0 amide bonds. The molecule has 2 rings (SSSR count). The number of aryl methyl sites for hydroxylation is 1. The molecule has 0 aliphatic rings. The smallest absolute Gasteiger partial charge is 0.0360 e. The van der Waals surface area contributed by atoms with Crippen molar-refractivity contribution in [1.82, 2.24) is 4.90 Å². The molecule has 1 atom stereocenters. The zero-order chi connectivity index (χ0) is 14.4. The van der Waals surface area contributed by atoms with E-state index in [-0.39, 0.29) is 0 Å². The third kappa shape index (κ3) is 3.92. The molecule has 2 N–H and O–H groups in total. The molecule has 106 valence electrons. The molecular formula is C18H24N2. The van der Waals surface area contributed by atoms with Gasteiger partial charge in [-0.15, -0.1) is 0 Å². The average molecular weight is 268 g/mol. The van der Waals surface area contributed by atoms with Crippen LogP contribution in [0.2, 0.25) is 0 Å². The molecule has 2 aromatic rings. The topological polar surface area (TPSA) is 29.3 Å².